The summed E-state index contributed by atoms with van der Waals surface area (Å²) in [6.45, 7) is 5.59. The number of nitrogens with one attached hydrogen (secondary N) is 2. The van der Waals surface area contributed by atoms with Crippen LogP contribution >= 0.6 is 0 Å². The summed E-state index contributed by atoms with van der Waals surface area (Å²) in [5, 5.41) is 23.4. The Morgan fingerprint density at radius 2 is 2.13 bits per heavy atom. The summed E-state index contributed by atoms with van der Waals surface area (Å²) in [5.74, 6) is 0.604. The summed E-state index contributed by atoms with van der Waals surface area (Å²) >= 11 is 0. The van der Waals surface area contributed by atoms with Gasteiger partial charge in [0.25, 0.3) is 0 Å². The molecule has 1 aliphatic heterocycles. The summed E-state index contributed by atoms with van der Waals surface area (Å²) in [7, 11) is 0. The van der Waals surface area contributed by atoms with E-state index in [1.165, 1.54) is 0 Å². The molecule has 0 aliphatic carbocycles. The molecule has 0 spiro atoms. The molecule has 1 fully saturated rings. The molecule has 15 heavy (non-hydrogen) atoms. The van der Waals surface area contributed by atoms with E-state index in [2.05, 4.69) is 26.9 Å². The summed E-state index contributed by atoms with van der Waals surface area (Å²) in [5.41, 5.74) is 2.32. The zero-order chi connectivity index (χ0) is 10.8. The number of aryl methyl sites for hydroxylation is 1. The Kier molecular flexibility index (Phi) is 2.52. The molecule has 1 aromatic rings. The van der Waals surface area contributed by atoms with Crippen LogP contribution < -0.4 is 10.6 Å². The quantitative estimate of drug-likeness (QED) is 0.725. The topological polar surface area (TPSA) is 73.6 Å². The van der Waals surface area contributed by atoms with Gasteiger partial charge in [-0.2, -0.15) is 10.4 Å². The molecule has 0 unspecified atom stereocenters. The number of nitriles is 1. The average molecular weight is 203 g/mol. The first-order valence-corrected chi connectivity index (χ1v) is 4.93. The second-order valence-corrected chi connectivity index (χ2v) is 3.75. The third-order valence-corrected chi connectivity index (χ3v) is 2.69. The Balaban J connectivity index is 2.30. The van der Waals surface area contributed by atoms with Gasteiger partial charge in [-0.3, -0.25) is 0 Å². The maximum absolute atomic E-state index is 9.05. The fourth-order valence-electron chi connectivity index (χ4n) is 1.43. The van der Waals surface area contributed by atoms with E-state index in [0.29, 0.717) is 17.4 Å². The summed E-state index contributed by atoms with van der Waals surface area (Å²) in [6.07, 6.45) is 0. The lowest BCUT2D eigenvalue weighted by atomic mass is 10.1. The molecule has 0 aromatic carbocycles. The molecule has 1 saturated heterocycles. The van der Waals surface area contributed by atoms with Crippen LogP contribution in [0.25, 0.3) is 0 Å². The van der Waals surface area contributed by atoms with Crippen LogP contribution in [0.15, 0.2) is 0 Å². The van der Waals surface area contributed by atoms with Gasteiger partial charge in [0.1, 0.15) is 11.6 Å². The lowest BCUT2D eigenvalue weighted by molar-refractivity contribution is 0.470. The SMILES string of the molecule is Cc1nnc(NC2CNC2)c(C#N)c1C. The number of hydrogen-bond acceptors (Lipinski definition) is 5. The van der Waals surface area contributed by atoms with Gasteiger partial charge in [-0.05, 0) is 19.4 Å². The van der Waals surface area contributed by atoms with Crippen LogP contribution in [-0.2, 0) is 0 Å². The van der Waals surface area contributed by atoms with Crippen molar-refractivity contribution >= 4 is 5.82 Å². The third kappa shape index (κ3) is 1.76. The van der Waals surface area contributed by atoms with Crippen molar-refractivity contribution in [2.24, 2.45) is 0 Å². The molecule has 2 N–H and O–H groups in total. The van der Waals surface area contributed by atoms with Gasteiger partial charge >= 0.3 is 0 Å². The van der Waals surface area contributed by atoms with Crippen molar-refractivity contribution in [3.05, 3.63) is 16.8 Å². The van der Waals surface area contributed by atoms with Gasteiger partial charge in [0.2, 0.25) is 0 Å². The van der Waals surface area contributed by atoms with E-state index in [0.717, 1.165) is 24.3 Å². The van der Waals surface area contributed by atoms with Crippen molar-refractivity contribution in [1.82, 2.24) is 15.5 Å². The Labute approximate surface area is 88.5 Å². The largest absolute Gasteiger partial charge is 0.362 e. The zero-order valence-corrected chi connectivity index (χ0v) is 8.83. The number of hydrogen-bond donors (Lipinski definition) is 2. The lowest BCUT2D eigenvalue weighted by Gasteiger charge is -2.28. The number of anilines is 1. The van der Waals surface area contributed by atoms with Gasteiger partial charge < -0.3 is 10.6 Å². The standard InChI is InChI=1S/C10H13N5/c1-6-7(2)14-15-10(9(6)3-11)13-8-4-12-5-8/h8,12H,4-5H2,1-2H3,(H,13,15). The van der Waals surface area contributed by atoms with E-state index < -0.39 is 0 Å². The first-order valence-electron chi connectivity index (χ1n) is 4.93. The highest BCUT2D eigenvalue weighted by Crippen LogP contribution is 2.18. The molecule has 1 aromatic heterocycles. The van der Waals surface area contributed by atoms with Crippen molar-refractivity contribution in [2.45, 2.75) is 19.9 Å². The second-order valence-electron chi connectivity index (χ2n) is 3.75. The van der Waals surface area contributed by atoms with Crippen LogP contribution in [0.1, 0.15) is 16.8 Å². The summed E-state index contributed by atoms with van der Waals surface area (Å²) in [6, 6.07) is 2.54. The minimum Gasteiger partial charge on any atom is -0.362 e. The minimum atomic E-state index is 0.369. The Bertz CT molecular complexity index is 417. The molecule has 0 radical (unpaired) electrons. The molecular formula is C10H13N5. The number of rotatable bonds is 2. The van der Waals surface area contributed by atoms with Crippen LogP contribution in [0.2, 0.25) is 0 Å². The Morgan fingerprint density at radius 3 is 2.67 bits per heavy atom. The minimum absolute atomic E-state index is 0.369. The molecule has 5 heteroatoms. The van der Waals surface area contributed by atoms with Crippen LogP contribution in [-0.4, -0.2) is 29.3 Å². The molecule has 0 bridgehead atoms. The fraction of sp³-hybridized carbons (Fsp3) is 0.500. The molecule has 0 amide bonds. The lowest BCUT2D eigenvalue weighted by Crippen LogP contribution is -2.51. The van der Waals surface area contributed by atoms with Crippen LogP contribution in [0.3, 0.4) is 0 Å². The van der Waals surface area contributed by atoms with Crippen LogP contribution in [0.4, 0.5) is 5.82 Å². The van der Waals surface area contributed by atoms with E-state index in [-0.39, 0.29) is 0 Å². The first-order chi connectivity index (χ1) is 7.22. The normalized spacial score (nSPS) is 15.5. The first kappa shape index (κ1) is 9.87. The highest BCUT2D eigenvalue weighted by Gasteiger charge is 2.19. The highest BCUT2D eigenvalue weighted by atomic mass is 15.2. The third-order valence-electron chi connectivity index (χ3n) is 2.69. The predicted octanol–water partition coefficient (Wildman–Crippen LogP) is 0.349. The Morgan fingerprint density at radius 1 is 1.40 bits per heavy atom. The molecule has 0 saturated carbocycles. The predicted molar refractivity (Wildman–Crippen MR) is 56.5 cm³/mol. The Hall–Kier alpha value is -1.67. The van der Waals surface area contributed by atoms with E-state index in [1.807, 2.05) is 13.8 Å². The smallest absolute Gasteiger partial charge is 0.167 e. The van der Waals surface area contributed by atoms with Crippen molar-refractivity contribution in [3.8, 4) is 6.07 Å². The molecule has 5 nitrogen and oxygen atoms in total. The van der Waals surface area contributed by atoms with E-state index >= 15 is 0 Å². The highest BCUT2D eigenvalue weighted by molar-refractivity contribution is 5.56. The van der Waals surface area contributed by atoms with Gasteiger partial charge in [0.15, 0.2) is 5.82 Å². The van der Waals surface area contributed by atoms with Crippen molar-refractivity contribution in [2.75, 3.05) is 18.4 Å². The van der Waals surface area contributed by atoms with Gasteiger partial charge in [-0.25, -0.2) is 0 Å². The maximum Gasteiger partial charge on any atom is 0.167 e. The molecular weight excluding hydrogens is 190 g/mol. The van der Waals surface area contributed by atoms with E-state index in [9.17, 15) is 0 Å². The second kappa shape index (κ2) is 3.83. The number of aromatic nitrogens is 2. The van der Waals surface area contributed by atoms with Gasteiger partial charge in [0.05, 0.1) is 11.7 Å². The van der Waals surface area contributed by atoms with Crippen LogP contribution in [0.5, 0.6) is 0 Å². The van der Waals surface area contributed by atoms with Crippen LogP contribution in [0, 0.1) is 25.2 Å². The van der Waals surface area contributed by atoms with Crippen molar-refractivity contribution in [1.29, 1.82) is 5.26 Å². The monoisotopic (exact) mass is 203 g/mol. The fourth-order valence-corrected chi connectivity index (χ4v) is 1.43. The molecule has 1 aliphatic rings. The van der Waals surface area contributed by atoms with E-state index in [4.69, 9.17) is 5.26 Å². The van der Waals surface area contributed by atoms with Gasteiger partial charge in [-0.1, -0.05) is 0 Å². The maximum atomic E-state index is 9.05. The van der Waals surface area contributed by atoms with Crippen molar-refractivity contribution in [3.63, 3.8) is 0 Å². The van der Waals surface area contributed by atoms with E-state index in [1.54, 1.807) is 0 Å². The van der Waals surface area contributed by atoms with Gasteiger partial charge in [0, 0.05) is 13.1 Å². The molecule has 78 valence electrons. The van der Waals surface area contributed by atoms with Crippen molar-refractivity contribution < 1.29 is 0 Å². The molecule has 0 atom stereocenters. The van der Waals surface area contributed by atoms with Gasteiger partial charge in [-0.15, -0.1) is 5.10 Å². The average Bonchev–Trinajstić information content (AvgIpc) is 2.17. The molecule has 2 heterocycles. The summed E-state index contributed by atoms with van der Waals surface area (Å²) < 4.78 is 0. The zero-order valence-electron chi connectivity index (χ0n) is 8.83. The summed E-state index contributed by atoms with van der Waals surface area (Å²) in [4.78, 5) is 0. The molecule has 2 rings (SSSR count). The number of nitrogens with zero attached hydrogens (tertiary/aromatic N) is 3.